The van der Waals surface area contributed by atoms with E-state index in [1.165, 1.54) is 0 Å². The maximum Gasteiger partial charge on any atom is 0.159 e. The van der Waals surface area contributed by atoms with E-state index in [4.69, 9.17) is 0 Å². The summed E-state index contributed by atoms with van der Waals surface area (Å²) in [7, 11) is 1.88. The largest absolute Gasteiger partial charge is 0.295 e. The molecule has 1 aromatic carbocycles. The van der Waals surface area contributed by atoms with Gasteiger partial charge in [0.05, 0.1) is 11.7 Å². The highest BCUT2D eigenvalue weighted by atomic mass is 79.9. The number of carbonyl (C=O) groups excluding carboxylic acids is 1. The molecule has 0 saturated carbocycles. The average molecular weight is 253 g/mol. The van der Waals surface area contributed by atoms with E-state index in [1.54, 1.807) is 17.8 Å². The van der Waals surface area contributed by atoms with Crippen molar-refractivity contribution in [2.45, 2.75) is 6.92 Å². The number of fused-ring (bicyclic) bond motifs is 1. The van der Waals surface area contributed by atoms with Crippen LogP contribution in [0.3, 0.4) is 0 Å². The fourth-order valence-corrected chi connectivity index (χ4v) is 2.20. The summed E-state index contributed by atoms with van der Waals surface area (Å²) >= 11 is 3.43. The zero-order chi connectivity index (χ0) is 10.3. The molecular formula is C10H9BrN2O. The van der Waals surface area contributed by atoms with Crippen molar-refractivity contribution in [1.29, 1.82) is 0 Å². The van der Waals surface area contributed by atoms with E-state index in [0.29, 0.717) is 5.56 Å². The lowest BCUT2D eigenvalue weighted by Crippen LogP contribution is -1.94. The maximum absolute atomic E-state index is 11.2. The molecule has 0 aliphatic heterocycles. The zero-order valence-electron chi connectivity index (χ0n) is 7.91. The first-order valence-corrected chi connectivity index (χ1v) is 5.01. The Morgan fingerprint density at radius 1 is 1.50 bits per heavy atom. The molecule has 1 heterocycles. The molecule has 2 aromatic rings. The van der Waals surface area contributed by atoms with Crippen molar-refractivity contribution in [3.63, 3.8) is 0 Å². The van der Waals surface area contributed by atoms with Crippen LogP contribution in [0.2, 0.25) is 0 Å². The van der Waals surface area contributed by atoms with Gasteiger partial charge in [-0.3, -0.25) is 9.48 Å². The standard InChI is InChI=1S/C10H9BrN2O/c1-6(14)7-3-8-5-12-13(2)10(8)9(11)4-7/h3-5H,1-2H3. The number of rotatable bonds is 1. The van der Waals surface area contributed by atoms with Gasteiger partial charge < -0.3 is 0 Å². The van der Waals surface area contributed by atoms with Gasteiger partial charge in [-0.15, -0.1) is 0 Å². The summed E-state index contributed by atoms with van der Waals surface area (Å²) in [6, 6.07) is 3.68. The fraction of sp³-hybridized carbons (Fsp3) is 0.200. The molecule has 1 aromatic heterocycles. The van der Waals surface area contributed by atoms with Crippen LogP contribution in [0.25, 0.3) is 10.9 Å². The van der Waals surface area contributed by atoms with Crippen LogP contribution < -0.4 is 0 Å². The van der Waals surface area contributed by atoms with E-state index in [0.717, 1.165) is 15.4 Å². The number of Topliss-reactive ketones (excluding diaryl/α,β-unsaturated/α-hetero) is 1. The first-order chi connectivity index (χ1) is 6.59. The molecule has 0 aliphatic rings. The number of hydrogen-bond acceptors (Lipinski definition) is 2. The second-order valence-corrected chi connectivity index (χ2v) is 4.07. The number of hydrogen-bond donors (Lipinski definition) is 0. The van der Waals surface area contributed by atoms with E-state index in [2.05, 4.69) is 21.0 Å². The van der Waals surface area contributed by atoms with E-state index >= 15 is 0 Å². The van der Waals surface area contributed by atoms with Gasteiger partial charge in [-0.1, -0.05) is 0 Å². The molecule has 14 heavy (non-hydrogen) atoms. The monoisotopic (exact) mass is 252 g/mol. The second kappa shape index (κ2) is 3.20. The lowest BCUT2D eigenvalue weighted by molar-refractivity contribution is 0.101. The second-order valence-electron chi connectivity index (χ2n) is 3.22. The van der Waals surface area contributed by atoms with Crippen molar-refractivity contribution in [3.05, 3.63) is 28.4 Å². The minimum absolute atomic E-state index is 0.0662. The van der Waals surface area contributed by atoms with Gasteiger partial charge in [0.15, 0.2) is 5.78 Å². The van der Waals surface area contributed by atoms with Gasteiger partial charge in [-0.25, -0.2) is 0 Å². The van der Waals surface area contributed by atoms with E-state index in [-0.39, 0.29) is 5.78 Å². The molecule has 0 bridgehead atoms. The minimum Gasteiger partial charge on any atom is -0.295 e. The molecule has 0 atom stereocenters. The van der Waals surface area contributed by atoms with Crippen LogP contribution in [0, 0.1) is 0 Å². The zero-order valence-corrected chi connectivity index (χ0v) is 9.50. The molecule has 3 nitrogen and oxygen atoms in total. The van der Waals surface area contributed by atoms with Crippen LogP contribution in [0.5, 0.6) is 0 Å². The smallest absolute Gasteiger partial charge is 0.159 e. The Morgan fingerprint density at radius 3 is 2.86 bits per heavy atom. The van der Waals surface area contributed by atoms with Crippen LogP contribution in [0.1, 0.15) is 17.3 Å². The first kappa shape index (κ1) is 9.40. The molecular weight excluding hydrogens is 244 g/mol. The minimum atomic E-state index is 0.0662. The Kier molecular flexibility index (Phi) is 2.15. The summed E-state index contributed by atoms with van der Waals surface area (Å²) in [6.45, 7) is 1.56. The van der Waals surface area contributed by atoms with Crippen LogP contribution in [0.15, 0.2) is 22.8 Å². The van der Waals surface area contributed by atoms with Crippen molar-refractivity contribution in [2.75, 3.05) is 0 Å². The first-order valence-electron chi connectivity index (χ1n) is 4.22. The molecule has 0 saturated heterocycles. The number of ketones is 1. The Balaban J connectivity index is 2.80. The molecule has 0 aliphatic carbocycles. The van der Waals surface area contributed by atoms with Crippen molar-refractivity contribution in [2.24, 2.45) is 7.05 Å². The Bertz CT molecular complexity index is 516. The van der Waals surface area contributed by atoms with Crippen LogP contribution in [-0.4, -0.2) is 15.6 Å². The molecule has 0 fully saturated rings. The molecule has 0 amide bonds. The Hall–Kier alpha value is -1.16. The quantitative estimate of drug-likeness (QED) is 0.732. The van der Waals surface area contributed by atoms with E-state index in [1.807, 2.05) is 19.2 Å². The van der Waals surface area contributed by atoms with Gasteiger partial charge in [0.25, 0.3) is 0 Å². The SMILES string of the molecule is CC(=O)c1cc(Br)c2c(cnn2C)c1. The lowest BCUT2D eigenvalue weighted by Gasteiger charge is -2.00. The van der Waals surface area contributed by atoms with Crippen molar-refractivity contribution in [3.8, 4) is 0 Å². The maximum atomic E-state index is 11.2. The summed E-state index contributed by atoms with van der Waals surface area (Å²) in [5, 5.41) is 5.11. The predicted molar refractivity (Wildman–Crippen MR) is 58.4 cm³/mol. The van der Waals surface area contributed by atoms with Crippen molar-refractivity contribution in [1.82, 2.24) is 9.78 Å². The summed E-state index contributed by atoms with van der Waals surface area (Å²) in [5.41, 5.74) is 1.72. The summed E-state index contributed by atoms with van der Waals surface area (Å²) in [6.07, 6.45) is 1.76. The van der Waals surface area contributed by atoms with Gasteiger partial charge in [-0.2, -0.15) is 5.10 Å². The average Bonchev–Trinajstić information content (AvgIpc) is 2.48. The molecule has 72 valence electrons. The highest BCUT2D eigenvalue weighted by Gasteiger charge is 2.08. The number of benzene rings is 1. The number of nitrogens with zero attached hydrogens (tertiary/aromatic N) is 2. The summed E-state index contributed by atoms with van der Waals surface area (Å²) in [4.78, 5) is 11.2. The molecule has 0 radical (unpaired) electrons. The number of halogens is 1. The molecule has 0 N–H and O–H groups in total. The Morgan fingerprint density at radius 2 is 2.21 bits per heavy atom. The van der Waals surface area contributed by atoms with Crippen LogP contribution in [-0.2, 0) is 7.05 Å². The fourth-order valence-electron chi connectivity index (χ4n) is 1.47. The predicted octanol–water partition coefficient (Wildman–Crippen LogP) is 2.54. The third kappa shape index (κ3) is 1.35. The van der Waals surface area contributed by atoms with Crippen molar-refractivity contribution >= 4 is 32.6 Å². The third-order valence-corrected chi connectivity index (χ3v) is 2.80. The Labute approximate surface area is 89.8 Å². The van der Waals surface area contributed by atoms with Crippen LogP contribution >= 0.6 is 15.9 Å². The lowest BCUT2D eigenvalue weighted by atomic mass is 10.1. The molecule has 0 unspecified atom stereocenters. The molecule has 0 spiro atoms. The van der Waals surface area contributed by atoms with Gasteiger partial charge in [0.2, 0.25) is 0 Å². The third-order valence-electron chi connectivity index (χ3n) is 2.19. The summed E-state index contributed by atoms with van der Waals surface area (Å²) in [5.74, 6) is 0.0662. The van der Waals surface area contributed by atoms with Crippen LogP contribution in [0.4, 0.5) is 0 Å². The molecule has 4 heteroatoms. The van der Waals surface area contributed by atoms with Crippen molar-refractivity contribution < 1.29 is 4.79 Å². The number of aromatic nitrogens is 2. The van der Waals surface area contributed by atoms with E-state index < -0.39 is 0 Å². The van der Waals surface area contributed by atoms with E-state index in [9.17, 15) is 4.79 Å². The molecule has 2 rings (SSSR count). The normalized spacial score (nSPS) is 10.8. The highest BCUT2D eigenvalue weighted by Crippen LogP contribution is 2.25. The van der Waals surface area contributed by atoms with Gasteiger partial charge >= 0.3 is 0 Å². The van der Waals surface area contributed by atoms with Gasteiger partial charge in [0, 0.05) is 22.5 Å². The topological polar surface area (TPSA) is 34.9 Å². The van der Waals surface area contributed by atoms with Gasteiger partial charge in [0.1, 0.15) is 0 Å². The summed E-state index contributed by atoms with van der Waals surface area (Å²) < 4.78 is 2.68. The van der Waals surface area contributed by atoms with Gasteiger partial charge in [-0.05, 0) is 35.0 Å². The number of carbonyl (C=O) groups is 1. The highest BCUT2D eigenvalue weighted by molar-refractivity contribution is 9.10. The number of aryl methyl sites for hydroxylation is 1.